The van der Waals surface area contributed by atoms with Gasteiger partial charge in [-0.05, 0) is 42.6 Å². The summed E-state index contributed by atoms with van der Waals surface area (Å²) in [7, 11) is 1.79. The lowest BCUT2D eigenvalue weighted by molar-refractivity contribution is -0.137. The molecule has 0 unspecified atom stereocenters. The Morgan fingerprint density at radius 2 is 2.15 bits per heavy atom. The molecular formula is C20H31N5O2. The van der Waals surface area contributed by atoms with Crippen LogP contribution in [-0.4, -0.2) is 47.8 Å². The van der Waals surface area contributed by atoms with E-state index in [1.54, 1.807) is 18.0 Å². The number of amides is 1. The van der Waals surface area contributed by atoms with Gasteiger partial charge < -0.3 is 15.3 Å². The Balaban J connectivity index is 2.00. The van der Waals surface area contributed by atoms with E-state index in [4.69, 9.17) is 5.26 Å². The fourth-order valence-electron chi connectivity index (χ4n) is 3.51. The Labute approximate surface area is 161 Å². The molecule has 1 heterocycles. The van der Waals surface area contributed by atoms with Gasteiger partial charge in [-0.15, -0.1) is 0 Å². The molecule has 7 nitrogen and oxygen atoms in total. The molecule has 1 amide bonds. The van der Waals surface area contributed by atoms with Gasteiger partial charge in [0.1, 0.15) is 0 Å². The number of benzene rings is 1. The molecular weight excluding hydrogens is 342 g/mol. The number of carbonyl (C=O) groups is 1. The second-order valence-corrected chi connectivity index (χ2v) is 8.23. The largest absolute Gasteiger partial charge is 0.391 e. The topological polar surface area (TPSA) is 100 Å². The number of likely N-dealkylation sites (N-methyl/N-ethyl adjacent to an activating group) is 1. The maximum absolute atomic E-state index is 13.0. The second kappa shape index (κ2) is 8.81. The number of rotatable bonds is 6. The summed E-state index contributed by atoms with van der Waals surface area (Å²) in [5.74, 6) is -0.0181. The molecule has 0 aromatic heterocycles. The van der Waals surface area contributed by atoms with E-state index in [1.165, 1.54) is 0 Å². The van der Waals surface area contributed by atoms with Crippen molar-refractivity contribution in [2.75, 3.05) is 13.6 Å². The monoisotopic (exact) mass is 373 g/mol. The van der Waals surface area contributed by atoms with Crippen molar-refractivity contribution in [1.82, 2.24) is 21.1 Å². The van der Waals surface area contributed by atoms with Crippen LogP contribution < -0.4 is 16.2 Å². The number of hydrogen-bond donors (Lipinski definition) is 4. The van der Waals surface area contributed by atoms with E-state index in [9.17, 15) is 9.90 Å². The first-order valence-corrected chi connectivity index (χ1v) is 9.31. The van der Waals surface area contributed by atoms with Crippen LogP contribution in [0.5, 0.6) is 0 Å². The van der Waals surface area contributed by atoms with Crippen LogP contribution >= 0.6 is 0 Å². The van der Waals surface area contributed by atoms with Crippen molar-refractivity contribution in [1.29, 1.82) is 5.26 Å². The van der Waals surface area contributed by atoms with Crippen LogP contribution in [0, 0.1) is 23.7 Å². The smallest absolute Gasteiger partial charge is 0.241 e. The van der Waals surface area contributed by atoms with E-state index >= 15 is 0 Å². The van der Waals surface area contributed by atoms with Gasteiger partial charge in [-0.2, -0.15) is 5.26 Å². The molecule has 1 fully saturated rings. The van der Waals surface area contributed by atoms with Gasteiger partial charge in [-0.25, -0.2) is 5.43 Å². The lowest BCUT2D eigenvalue weighted by Crippen LogP contribution is -2.57. The number of hydrazine groups is 1. The number of aliphatic hydroxyl groups excluding tert-OH is 1. The van der Waals surface area contributed by atoms with E-state index in [0.29, 0.717) is 25.1 Å². The van der Waals surface area contributed by atoms with Crippen LogP contribution in [0.15, 0.2) is 18.2 Å². The van der Waals surface area contributed by atoms with Crippen molar-refractivity contribution in [3.63, 3.8) is 0 Å². The molecule has 7 heteroatoms. The standard InChI is InChI=1S/C20H31N5O2/c1-13-8-14(10-21)6-7-15(13)11-23-24-17-9-16(26)12-25(17)19(27)18(22-5)20(2,3)4/h6-8,16-18,22-24,26H,9,11-12H2,1-5H3/t16-,17+,18-/m1/s1. The first-order valence-electron chi connectivity index (χ1n) is 9.31. The highest BCUT2D eigenvalue weighted by molar-refractivity contribution is 5.83. The van der Waals surface area contributed by atoms with Gasteiger partial charge in [0.25, 0.3) is 0 Å². The third-order valence-electron chi connectivity index (χ3n) is 4.98. The molecule has 1 aromatic carbocycles. The summed E-state index contributed by atoms with van der Waals surface area (Å²) in [6.45, 7) is 8.91. The average molecular weight is 374 g/mol. The summed E-state index contributed by atoms with van der Waals surface area (Å²) in [6.07, 6.45) is -0.335. The van der Waals surface area contributed by atoms with Crippen LogP contribution in [0.4, 0.5) is 0 Å². The van der Waals surface area contributed by atoms with Crippen molar-refractivity contribution in [2.24, 2.45) is 5.41 Å². The number of β-amino-alcohol motifs (C(OH)–C–C–N with tert-alkyl or cyclic N) is 1. The molecule has 1 aliphatic heterocycles. The Morgan fingerprint density at radius 1 is 1.44 bits per heavy atom. The Hall–Kier alpha value is -1.98. The molecule has 0 aliphatic carbocycles. The lowest BCUT2D eigenvalue weighted by Gasteiger charge is -2.35. The first kappa shape index (κ1) is 21.3. The average Bonchev–Trinajstić information content (AvgIpc) is 2.96. The van der Waals surface area contributed by atoms with Gasteiger partial charge in [-0.1, -0.05) is 26.8 Å². The number of aryl methyl sites for hydroxylation is 1. The summed E-state index contributed by atoms with van der Waals surface area (Å²) in [5, 5.41) is 22.1. The molecule has 27 heavy (non-hydrogen) atoms. The van der Waals surface area contributed by atoms with Crippen molar-refractivity contribution < 1.29 is 9.90 Å². The molecule has 4 N–H and O–H groups in total. The summed E-state index contributed by atoms with van der Waals surface area (Å²) in [4.78, 5) is 14.7. The van der Waals surface area contributed by atoms with Crippen LogP contribution in [0.3, 0.4) is 0 Å². The van der Waals surface area contributed by atoms with E-state index in [2.05, 4.69) is 22.2 Å². The van der Waals surface area contributed by atoms with E-state index in [0.717, 1.165) is 11.1 Å². The third-order valence-corrected chi connectivity index (χ3v) is 4.98. The highest BCUT2D eigenvalue weighted by Gasteiger charge is 2.40. The minimum absolute atomic E-state index is 0.0181. The first-order chi connectivity index (χ1) is 12.7. The van der Waals surface area contributed by atoms with Crippen molar-refractivity contribution in [3.05, 3.63) is 34.9 Å². The molecule has 1 aromatic rings. The normalized spacial score (nSPS) is 21.1. The molecule has 1 aliphatic rings. The van der Waals surface area contributed by atoms with E-state index in [-0.39, 0.29) is 23.5 Å². The maximum atomic E-state index is 13.0. The van der Waals surface area contributed by atoms with Crippen LogP contribution in [0.2, 0.25) is 0 Å². The number of nitrogens with zero attached hydrogens (tertiary/aromatic N) is 2. The number of aliphatic hydroxyl groups is 1. The molecule has 0 radical (unpaired) electrons. The molecule has 148 valence electrons. The van der Waals surface area contributed by atoms with Crippen LogP contribution in [-0.2, 0) is 11.3 Å². The van der Waals surface area contributed by atoms with Crippen molar-refractivity contribution >= 4 is 5.91 Å². The summed E-state index contributed by atoms with van der Waals surface area (Å²) in [5.41, 5.74) is 8.86. The fourth-order valence-corrected chi connectivity index (χ4v) is 3.51. The Morgan fingerprint density at radius 3 is 2.70 bits per heavy atom. The van der Waals surface area contributed by atoms with Gasteiger partial charge in [-0.3, -0.25) is 10.2 Å². The Bertz CT molecular complexity index is 707. The number of nitrogens with one attached hydrogen (secondary N) is 3. The summed E-state index contributed by atoms with van der Waals surface area (Å²) < 4.78 is 0. The van der Waals surface area contributed by atoms with Crippen molar-refractivity contribution in [2.45, 2.75) is 59.0 Å². The molecule has 0 saturated carbocycles. The maximum Gasteiger partial charge on any atom is 0.241 e. The minimum atomic E-state index is -0.539. The number of carbonyl (C=O) groups excluding carboxylic acids is 1. The zero-order chi connectivity index (χ0) is 20.2. The van der Waals surface area contributed by atoms with Gasteiger partial charge in [0.2, 0.25) is 5.91 Å². The van der Waals surface area contributed by atoms with E-state index in [1.807, 2.05) is 39.8 Å². The molecule has 2 rings (SSSR count). The van der Waals surface area contributed by atoms with Gasteiger partial charge in [0.15, 0.2) is 0 Å². The molecule has 3 atom stereocenters. The minimum Gasteiger partial charge on any atom is -0.391 e. The van der Waals surface area contributed by atoms with Crippen LogP contribution in [0.1, 0.15) is 43.9 Å². The SMILES string of the molecule is CN[C@H](C(=O)N1C[C@H](O)C[C@H]1NNCc1ccc(C#N)cc1C)C(C)(C)C. The highest BCUT2D eigenvalue weighted by Crippen LogP contribution is 2.24. The van der Waals surface area contributed by atoms with Crippen molar-refractivity contribution in [3.8, 4) is 6.07 Å². The molecule has 0 bridgehead atoms. The number of nitriles is 1. The lowest BCUT2D eigenvalue weighted by atomic mass is 9.86. The number of likely N-dealkylation sites (tertiary alicyclic amines) is 1. The second-order valence-electron chi connectivity index (χ2n) is 8.23. The fraction of sp³-hybridized carbons (Fsp3) is 0.600. The van der Waals surface area contributed by atoms with E-state index < -0.39 is 6.10 Å². The quantitative estimate of drug-likeness (QED) is 0.556. The molecule has 1 saturated heterocycles. The molecule has 0 spiro atoms. The summed E-state index contributed by atoms with van der Waals surface area (Å²) in [6, 6.07) is 7.38. The van der Waals surface area contributed by atoms with Gasteiger partial charge in [0, 0.05) is 19.5 Å². The zero-order valence-corrected chi connectivity index (χ0v) is 16.8. The predicted octanol–water partition coefficient (Wildman–Crippen LogP) is 1.01. The van der Waals surface area contributed by atoms with Crippen LogP contribution in [0.25, 0.3) is 0 Å². The predicted molar refractivity (Wildman–Crippen MR) is 104 cm³/mol. The zero-order valence-electron chi connectivity index (χ0n) is 16.8. The summed E-state index contributed by atoms with van der Waals surface area (Å²) >= 11 is 0. The highest BCUT2D eigenvalue weighted by atomic mass is 16.3. The van der Waals surface area contributed by atoms with Gasteiger partial charge in [0.05, 0.1) is 29.9 Å². The third kappa shape index (κ3) is 5.27. The Kier molecular flexibility index (Phi) is 6.95. The van der Waals surface area contributed by atoms with Gasteiger partial charge >= 0.3 is 0 Å². The number of hydrogen-bond acceptors (Lipinski definition) is 6.